The summed E-state index contributed by atoms with van der Waals surface area (Å²) in [5.41, 5.74) is 1.06. The van der Waals surface area contributed by atoms with E-state index in [1.54, 1.807) is 0 Å². The van der Waals surface area contributed by atoms with Crippen molar-refractivity contribution in [2.24, 2.45) is 4.99 Å². The number of halogens is 1. The van der Waals surface area contributed by atoms with E-state index in [9.17, 15) is 0 Å². The Balaban J connectivity index is 0.00000243. The van der Waals surface area contributed by atoms with Crippen LogP contribution >= 0.6 is 24.0 Å². The van der Waals surface area contributed by atoms with Crippen molar-refractivity contribution in [3.8, 4) is 0 Å². The van der Waals surface area contributed by atoms with Gasteiger partial charge in [-0.15, -0.1) is 24.0 Å². The van der Waals surface area contributed by atoms with Crippen molar-refractivity contribution >= 4 is 29.9 Å². The minimum absolute atomic E-state index is 0. The second kappa shape index (κ2) is 10.5. The summed E-state index contributed by atoms with van der Waals surface area (Å²) in [6.45, 7) is 11.9. The summed E-state index contributed by atoms with van der Waals surface area (Å²) >= 11 is 0. The fourth-order valence-corrected chi connectivity index (χ4v) is 3.84. The Morgan fingerprint density at radius 2 is 2.00 bits per heavy atom. The molecular formula is C18H33IN6O. The average molecular weight is 476 g/mol. The van der Waals surface area contributed by atoms with E-state index in [2.05, 4.69) is 50.5 Å². The number of nitrogens with zero attached hydrogens (tertiary/aromatic N) is 4. The maximum absolute atomic E-state index is 5.47. The van der Waals surface area contributed by atoms with Crippen molar-refractivity contribution in [3.05, 3.63) is 17.5 Å². The number of aromatic nitrogens is 1. The molecule has 1 aromatic rings. The number of guanidine groups is 1. The maximum Gasteiger partial charge on any atom is 0.191 e. The Hall–Kier alpha value is -0.870. The molecule has 0 spiro atoms. The molecule has 1 aromatic heterocycles. The lowest BCUT2D eigenvalue weighted by atomic mass is 9.99. The minimum Gasteiger partial charge on any atom is -0.359 e. The predicted molar refractivity (Wildman–Crippen MR) is 115 cm³/mol. The molecule has 1 unspecified atom stereocenters. The van der Waals surface area contributed by atoms with Gasteiger partial charge in [0.2, 0.25) is 0 Å². The molecule has 0 aromatic carbocycles. The first-order valence-electron chi connectivity index (χ1n) is 9.59. The van der Waals surface area contributed by atoms with E-state index in [0.29, 0.717) is 18.5 Å². The topological polar surface area (TPSA) is 68.9 Å². The van der Waals surface area contributed by atoms with Gasteiger partial charge in [0.05, 0.1) is 12.2 Å². The standard InChI is InChI=1S/C18H32N6O.HI/c1-4-14(5-2)17-10-16(25-22-17)12-21-18(19-3)20-11-15-13-23-6-8-24(15)9-7-23;/h10,14-15H,4-9,11-13H2,1-3H3,(H2,19,20,21);1H. The summed E-state index contributed by atoms with van der Waals surface area (Å²) in [5, 5.41) is 11.0. The Labute approximate surface area is 174 Å². The van der Waals surface area contributed by atoms with Crippen LogP contribution < -0.4 is 10.6 Å². The molecule has 3 aliphatic heterocycles. The van der Waals surface area contributed by atoms with Gasteiger partial charge in [-0.3, -0.25) is 14.8 Å². The minimum atomic E-state index is 0. The number of rotatable bonds is 7. The molecule has 0 aliphatic carbocycles. The third-order valence-corrected chi connectivity index (χ3v) is 5.53. The number of piperazine rings is 3. The lowest BCUT2D eigenvalue weighted by Gasteiger charge is -2.47. The molecule has 3 fully saturated rings. The first-order chi connectivity index (χ1) is 12.2. The summed E-state index contributed by atoms with van der Waals surface area (Å²) in [5.74, 6) is 2.16. The molecular weight excluding hydrogens is 443 g/mol. The van der Waals surface area contributed by atoms with Gasteiger partial charge in [0.15, 0.2) is 11.7 Å². The average Bonchev–Trinajstić information content (AvgIpc) is 3.13. The van der Waals surface area contributed by atoms with Gasteiger partial charge in [-0.1, -0.05) is 19.0 Å². The normalized spacial score (nSPS) is 25.2. The molecule has 3 aliphatic rings. The van der Waals surface area contributed by atoms with Gasteiger partial charge in [0.1, 0.15) is 0 Å². The highest BCUT2D eigenvalue weighted by atomic mass is 127. The second-order valence-electron chi connectivity index (χ2n) is 7.03. The summed E-state index contributed by atoms with van der Waals surface area (Å²) < 4.78 is 5.47. The monoisotopic (exact) mass is 476 g/mol. The Kier molecular flexibility index (Phi) is 8.62. The lowest BCUT2D eigenvalue weighted by Crippen LogP contribution is -2.63. The van der Waals surface area contributed by atoms with Crippen LogP contribution in [-0.2, 0) is 6.54 Å². The van der Waals surface area contributed by atoms with Crippen molar-refractivity contribution in [1.82, 2.24) is 25.6 Å². The Morgan fingerprint density at radius 3 is 2.58 bits per heavy atom. The van der Waals surface area contributed by atoms with Crippen LogP contribution in [0.2, 0.25) is 0 Å². The van der Waals surface area contributed by atoms with E-state index in [4.69, 9.17) is 4.52 Å². The molecule has 3 saturated heterocycles. The van der Waals surface area contributed by atoms with Crippen LogP contribution in [0.4, 0.5) is 0 Å². The number of hydrogen-bond acceptors (Lipinski definition) is 5. The first-order valence-corrected chi connectivity index (χ1v) is 9.59. The lowest BCUT2D eigenvalue weighted by molar-refractivity contribution is 0.0154. The third kappa shape index (κ3) is 5.32. The fourth-order valence-electron chi connectivity index (χ4n) is 3.84. The molecule has 4 rings (SSSR count). The van der Waals surface area contributed by atoms with E-state index in [-0.39, 0.29) is 24.0 Å². The summed E-state index contributed by atoms with van der Waals surface area (Å²) in [4.78, 5) is 9.46. The fraction of sp³-hybridized carbons (Fsp3) is 0.778. The van der Waals surface area contributed by atoms with Crippen LogP contribution in [0.3, 0.4) is 0 Å². The summed E-state index contributed by atoms with van der Waals surface area (Å²) in [7, 11) is 1.81. The summed E-state index contributed by atoms with van der Waals surface area (Å²) in [6.07, 6.45) is 2.18. The van der Waals surface area contributed by atoms with Crippen LogP contribution in [0.15, 0.2) is 15.6 Å². The quantitative estimate of drug-likeness (QED) is 0.356. The Morgan fingerprint density at radius 1 is 1.27 bits per heavy atom. The number of aliphatic imine (C=N–C) groups is 1. The van der Waals surface area contributed by atoms with Crippen LogP contribution in [0.1, 0.15) is 44.1 Å². The highest BCUT2D eigenvalue weighted by Gasteiger charge is 2.31. The van der Waals surface area contributed by atoms with Crippen LogP contribution in [-0.4, -0.2) is 73.3 Å². The van der Waals surface area contributed by atoms with E-state index < -0.39 is 0 Å². The molecule has 1 atom stereocenters. The molecule has 0 radical (unpaired) electrons. The molecule has 0 saturated carbocycles. The van der Waals surface area contributed by atoms with Gasteiger partial charge in [0.25, 0.3) is 0 Å². The first kappa shape index (κ1) is 21.4. The summed E-state index contributed by atoms with van der Waals surface area (Å²) in [6, 6.07) is 2.64. The Bertz CT molecular complexity index is 566. The van der Waals surface area contributed by atoms with Crippen molar-refractivity contribution in [2.75, 3.05) is 46.3 Å². The van der Waals surface area contributed by atoms with E-state index in [1.807, 2.05) is 7.05 Å². The maximum atomic E-state index is 5.47. The van der Waals surface area contributed by atoms with Crippen molar-refractivity contribution in [2.45, 2.75) is 45.2 Å². The van der Waals surface area contributed by atoms with Gasteiger partial charge in [-0.25, -0.2) is 0 Å². The van der Waals surface area contributed by atoms with Crippen molar-refractivity contribution < 1.29 is 4.52 Å². The van der Waals surface area contributed by atoms with Crippen LogP contribution in [0.5, 0.6) is 0 Å². The molecule has 4 heterocycles. The second-order valence-corrected chi connectivity index (χ2v) is 7.03. The van der Waals surface area contributed by atoms with Crippen LogP contribution in [0.25, 0.3) is 0 Å². The van der Waals surface area contributed by atoms with Gasteiger partial charge in [0, 0.05) is 64.3 Å². The molecule has 2 N–H and O–H groups in total. The zero-order valence-electron chi connectivity index (χ0n) is 16.2. The number of fused-ring (bicyclic) bond motifs is 3. The number of nitrogens with one attached hydrogen (secondary N) is 2. The van der Waals surface area contributed by atoms with Crippen LogP contribution in [0, 0.1) is 0 Å². The number of hydrogen-bond donors (Lipinski definition) is 2. The third-order valence-electron chi connectivity index (χ3n) is 5.53. The molecule has 148 valence electrons. The van der Waals surface area contributed by atoms with E-state index in [0.717, 1.165) is 43.3 Å². The van der Waals surface area contributed by atoms with E-state index >= 15 is 0 Å². The van der Waals surface area contributed by atoms with E-state index in [1.165, 1.54) is 26.2 Å². The smallest absolute Gasteiger partial charge is 0.191 e. The zero-order valence-corrected chi connectivity index (χ0v) is 18.5. The largest absolute Gasteiger partial charge is 0.359 e. The molecule has 26 heavy (non-hydrogen) atoms. The highest BCUT2D eigenvalue weighted by molar-refractivity contribution is 14.0. The highest BCUT2D eigenvalue weighted by Crippen LogP contribution is 2.22. The van der Waals surface area contributed by atoms with Gasteiger partial charge in [-0.2, -0.15) is 0 Å². The molecule has 7 nitrogen and oxygen atoms in total. The van der Waals surface area contributed by atoms with Gasteiger partial charge < -0.3 is 15.2 Å². The van der Waals surface area contributed by atoms with Gasteiger partial charge in [-0.05, 0) is 12.8 Å². The molecule has 0 amide bonds. The van der Waals surface area contributed by atoms with Gasteiger partial charge >= 0.3 is 0 Å². The SMILES string of the molecule is CCC(CC)c1cc(CNC(=NC)NCC2CN3CCN2CC3)on1.I. The zero-order chi connectivity index (χ0) is 17.6. The molecule has 2 bridgehead atoms. The predicted octanol–water partition coefficient (Wildman–Crippen LogP) is 1.86. The molecule has 8 heteroatoms. The van der Waals surface area contributed by atoms with Crippen molar-refractivity contribution in [1.29, 1.82) is 0 Å². The van der Waals surface area contributed by atoms with Crippen molar-refractivity contribution in [3.63, 3.8) is 0 Å².